The number of alkyl halides is 1. The highest BCUT2D eigenvalue weighted by Crippen LogP contribution is 2.32. The Morgan fingerprint density at radius 3 is 3.03 bits per heavy atom. The molecule has 1 saturated heterocycles. The Labute approximate surface area is 183 Å². The van der Waals surface area contributed by atoms with Crippen molar-refractivity contribution in [1.82, 2.24) is 19.3 Å². The summed E-state index contributed by atoms with van der Waals surface area (Å²) in [4.78, 5) is 15.9. The molecule has 12 heteroatoms. The Hall–Kier alpha value is -2.08. The summed E-state index contributed by atoms with van der Waals surface area (Å²) in [5, 5.41) is 3.20. The molecule has 2 aromatic rings. The summed E-state index contributed by atoms with van der Waals surface area (Å²) in [6.45, 7) is 1.57. The number of sulfonamides is 1. The number of hydrogen-bond donors (Lipinski definition) is 2. The Kier molecular flexibility index (Phi) is 5.45. The minimum Gasteiger partial charge on any atom is -0.378 e. The van der Waals surface area contributed by atoms with Crippen LogP contribution < -0.4 is 16.0 Å². The smallest absolute Gasteiger partial charge is 0.217 e. The summed E-state index contributed by atoms with van der Waals surface area (Å²) < 4.78 is 46.8. The summed E-state index contributed by atoms with van der Waals surface area (Å²) in [6, 6.07) is -0.429. The number of nitrogens with one attached hydrogen (secondary N) is 2. The van der Waals surface area contributed by atoms with Gasteiger partial charge < -0.3 is 15.0 Å². The molecule has 166 valence electrons. The van der Waals surface area contributed by atoms with Crippen LogP contribution in [0.15, 0.2) is 17.4 Å². The second-order valence-electron chi connectivity index (χ2n) is 7.84. The van der Waals surface area contributed by atoms with Crippen LogP contribution in [0.4, 0.5) is 10.2 Å². The van der Waals surface area contributed by atoms with E-state index in [1.54, 1.807) is 6.20 Å². The zero-order valence-electron chi connectivity index (χ0n) is 16.6. The van der Waals surface area contributed by atoms with E-state index in [1.165, 1.54) is 4.31 Å². The largest absolute Gasteiger partial charge is 0.378 e. The minimum atomic E-state index is -3.36. The van der Waals surface area contributed by atoms with Crippen molar-refractivity contribution < 1.29 is 17.5 Å². The fourth-order valence-electron chi connectivity index (χ4n) is 3.85. The average Bonchev–Trinajstić information content (AvgIpc) is 3.55. The molecule has 1 saturated carbocycles. The van der Waals surface area contributed by atoms with E-state index >= 15 is 0 Å². The first-order valence-corrected chi connectivity index (χ1v) is 12.1. The summed E-state index contributed by atoms with van der Waals surface area (Å²) in [5.74, 6) is -0.296. The molecule has 0 radical (unpaired) electrons. The Morgan fingerprint density at radius 2 is 2.23 bits per heavy atom. The second-order valence-corrected chi connectivity index (χ2v) is 10.6. The molecule has 9 nitrogen and oxygen atoms in total. The first-order chi connectivity index (χ1) is 14.9. The van der Waals surface area contributed by atoms with Crippen molar-refractivity contribution in [3.05, 3.63) is 28.9 Å². The van der Waals surface area contributed by atoms with Crippen LogP contribution in [0.2, 0.25) is 0 Å². The van der Waals surface area contributed by atoms with Crippen LogP contribution in [0, 0.1) is 5.82 Å². The SMILES string of the molecule is O=S(=O)(C1CC1)N1CCOCC1CNc1nc(-c2c[nH]c3c2=CC(Cl)CN=3)ncc1F. The lowest BCUT2D eigenvalue weighted by molar-refractivity contribution is 0.0371. The van der Waals surface area contributed by atoms with Crippen LogP contribution in [0.3, 0.4) is 0 Å². The van der Waals surface area contributed by atoms with Gasteiger partial charge in [0.05, 0.1) is 42.6 Å². The van der Waals surface area contributed by atoms with Crippen molar-refractivity contribution in [3.8, 4) is 11.4 Å². The molecule has 5 rings (SSSR count). The highest BCUT2D eigenvalue weighted by molar-refractivity contribution is 7.90. The third kappa shape index (κ3) is 4.07. The lowest BCUT2D eigenvalue weighted by atomic mass is 10.2. The van der Waals surface area contributed by atoms with Crippen LogP contribution in [-0.2, 0) is 14.8 Å². The molecule has 1 aliphatic carbocycles. The Bertz CT molecular complexity index is 1220. The zero-order chi connectivity index (χ0) is 21.6. The number of anilines is 1. The highest BCUT2D eigenvalue weighted by atomic mass is 35.5. The van der Waals surface area contributed by atoms with Crippen LogP contribution in [0.5, 0.6) is 0 Å². The molecule has 2 fully saturated rings. The number of aromatic nitrogens is 3. The number of rotatable bonds is 6. The molecule has 0 amide bonds. The van der Waals surface area contributed by atoms with Gasteiger partial charge in [-0.15, -0.1) is 11.6 Å². The number of morpholine rings is 1. The van der Waals surface area contributed by atoms with E-state index < -0.39 is 21.9 Å². The Morgan fingerprint density at radius 1 is 1.39 bits per heavy atom. The predicted octanol–water partition coefficient (Wildman–Crippen LogP) is 0.237. The molecule has 2 unspecified atom stereocenters. The van der Waals surface area contributed by atoms with E-state index in [1.807, 2.05) is 6.08 Å². The minimum absolute atomic E-state index is 0.00413. The number of hydrogen-bond acceptors (Lipinski definition) is 7. The summed E-state index contributed by atoms with van der Waals surface area (Å²) in [6.07, 6.45) is 6.07. The van der Waals surface area contributed by atoms with E-state index in [4.69, 9.17) is 16.3 Å². The van der Waals surface area contributed by atoms with Gasteiger partial charge in [-0.05, 0) is 12.8 Å². The molecular formula is C19H22ClFN6O3S. The van der Waals surface area contributed by atoms with Gasteiger partial charge in [0.25, 0.3) is 0 Å². The number of aromatic amines is 1. The zero-order valence-corrected chi connectivity index (χ0v) is 18.2. The van der Waals surface area contributed by atoms with E-state index in [9.17, 15) is 12.8 Å². The fraction of sp³-hybridized carbons (Fsp3) is 0.526. The summed E-state index contributed by atoms with van der Waals surface area (Å²) >= 11 is 6.19. The topological polar surface area (TPSA) is 113 Å². The molecule has 4 heterocycles. The predicted molar refractivity (Wildman–Crippen MR) is 113 cm³/mol. The molecule has 31 heavy (non-hydrogen) atoms. The second kappa shape index (κ2) is 8.12. The van der Waals surface area contributed by atoms with Crippen molar-refractivity contribution in [1.29, 1.82) is 0 Å². The molecule has 3 aliphatic rings. The van der Waals surface area contributed by atoms with Gasteiger partial charge in [-0.25, -0.2) is 22.8 Å². The highest BCUT2D eigenvalue weighted by Gasteiger charge is 2.43. The van der Waals surface area contributed by atoms with E-state index in [0.717, 1.165) is 11.4 Å². The van der Waals surface area contributed by atoms with Gasteiger partial charge in [-0.1, -0.05) is 6.08 Å². The molecule has 0 spiro atoms. The third-order valence-electron chi connectivity index (χ3n) is 5.61. The maximum absolute atomic E-state index is 14.4. The van der Waals surface area contributed by atoms with E-state index in [2.05, 4.69) is 25.3 Å². The molecule has 2 atom stereocenters. The summed E-state index contributed by atoms with van der Waals surface area (Å²) in [7, 11) is -3.36. The molecule has 2 N–H and O–H groups in total. The van der Waals surface area contributed by atoms with E-state index in [0.29, 0.717) is 49.4 Å². The normalized spacial score (nSPS) is 24.2. The molecule has 2 aromatic heterocycles. The first-order valence-electron chi connectivity index (χ1n) is 10.2. The molecule has 0 bridgehead atoms. The van der Waals surface area contributed by atoms with Gasteiger partial charge in [0.2, 0.25) is 10.0 Å². The van der Waals surface area contributed by atoms with Crippen molar-refractivity contribution in [2.24, 2.45) is 4.99 Å². The van der Waals surface area contributed by atoms with Crippen LogP contribution in [0.1, 0.15) is 12.8 Å². The fourth-order valence-corrected chi connectivity index (χ4v) is 6.04. The van der Waals surface area contributed by atoms with Crippen LogP contribution in [0.25, 0.3) is 17.5 Å². The lowest BCUT2D eigenvalue weighted by Gasteiger charge is -2.34. The van der Waals surface area contributed by atoms with Crippen LogP contribution >= 0.6 is 11.6 Å². The maximum Gasteiger partial charge on any atom is 0.217 e. The average molecular weight is 469 g/mol. The molecule has 2 aliphatic heterocycles. The number of ether oxygens (including phenoxy) is 1. The van der Waals surface area contributed by atoms with Gasteiger partial charge in [0.1, 0.15) is 5.49 Å². The van der Waals surface area contributed by atoms with Gasteiger partial charge in [0, 0.05) is 30.1 Å². The first kappa shape index (κ1) is 20.8. The van der Waals surface area contributed by atoms with Crippen molar-refractivity contribution >= 4 is 33.5 Å². The molecule has 0 aromatic carbocycles. The Balaban J connectivity index is 1.38. The standard InChI is InChI=1S/C19H22ClFN6O3S/c20-11-5-14-15(8-24-17(14)22-6-11)18-25-9-16(21)19(26-18)23-7-12-10-30-4-3-27(12)31(28,29)13-1-2-13/h5,8-9,11-13H,1-4,6-7,10H2,(H,22,24)(H,23,25,26). The number of fused-ring (bicyclic) bond motifs is 1. The number of nitrogens with zero attached hydrogens (tertiary/aromatic N) is 4. The monoisotopic (exact) mass is 468 g/mol. The third-order valence-corrected chi connectivity index (χ3v) is 8.32. The van der Waals surface area contributed by atoms with Crippen molar-refractivity contribution in [2.45, 2.75) is 29.5 Å². The van der Waals surface area contributed by atoms with Gasteiger partial charge in [-0.2, -0.15) is 4.31 Å². The quantitative estimate of drug-likeness (QED) is 0.587. The van der Waals surface area contributed by atoms with Gasteiger partial charge in [-0.3, -0.25) is 4.99 Å². The van der Waals surface area contributed by atoms with Gasteiger partial charge >= 0.3 is 0 Å². The lowest BCUT2D eigenvalue weighted by Crippen LogP contribution is -2.52. The van der Waals surface area contributed by atoms with E-state index in [-0.39, 0.29) is 29.6 Å². The van der Waals surface area contributed by atoms with Gasteiger partial charge in [0.15, 0.2) is 17.5 Å². The number of halogens is 2. The number of H-pyrrole nitrogens is 1. The van der Waals surface area contributed by atoms with Crippen LogP contribution in [-0.4, -0.2) is 77.2 Å². The maximum atomic E-state index is 14.4. The molecular weight excluding hydrogens is 447 g/mol. The van der Waals surface area contributed by atoms with Crippen molar-refractivity contribution in [3.63, 3.8) is 0 Å². The van der Waals surface area contributed by atoms with Crippen molar-refractivity contribution in [2.75, 3.05) is 38.2 Å². The summed E-state index contributed by atoms with van der Waals surface area (Å²) in [5.41, 5.74) is 1.36.